The number of para-hydroxylation sites is 1. The van der Waals surface area contributed by atoms with E-state index in [2.05, 4.69) is 4.98 Å². The highest BCUT2D eigenvalue weighted by molar-refractivity contribution is 5.91. The molecule has 132 valence electrons. The van der Waals surface area contributed by atoms with Crippen LogP contribution in [-0.4, -0.2) is 27.7 Å². The number of nitrogens with two attached hydrogens (primary N) is 1. The molecule has 3 aromatic rings. The molecule has 0 bridgehead atoms. The van der Waals surface area contributed by atoms with Gasteiger partial charge >= 0.3 is 0 Å². The lowest BCUT2D eigenvalue weighted by Crippen LogP contribution is -2.53. The normalized spacial score (nSPS) is 19.3. The standard InChI is InChI=1S/C21H21N3O2/c1-2-18(25)24-17(21(22)26)12-15-14-10-6-7-11-16(14)23-19(15)20(24)13-8-4-3-5-9-13/h3-11,17,20,23H,2,12H2,1H3,(H2,22,26)/t17-,20+/m1/s1. The first-order valence-electron chi connectivity index (χ1n) is 8.86. The van der Waals surface area contributed by atoms with Crippen LogP contribution < -0.4 is 5.73 Å². The highest BCUT2D eigenvalue weighted by atomic mass is 16.2. The number of hydrogen-bond acceptors (Lipinski definition) is 2. The van der Waals surface area contributed by atoms with Gasteiger partial charge in [-0.1, -0.05) is 55.5 Å². The van der Waals surface area contributed by atoms with Crippen LogP contribution in [0.1, 0.15) is 36.2 Å². The molecule has 5 heteroatoms. The van der Waals surface area contributed by atoms with Gasteiger partial charge in [0.05, 0.1) is 6.04 Å². The number of H-pyrrole nitrogens is 1. The lowest BCUT2D eigenvalue weighted by molar-refractivity contribution is -0.141. The first-order chi connectivity index (χ1) is 12.6. The topological polar surface area (TPSA) is 79.2 Å². The summed E-state index contributed by atoms with van der Waals surface area (Å²) < 4.78 is 0. The second-order valence-corrected chi connectivity index (χ2v) is 6.65. The monoisotopic (exact) mass is 347 g/mol. The number of aromatic amines is 1. The van der Waals surface area contributed by atoms with E-state index in [-0.39, 0.29) is 11.9 Å². The maximum absolute atomic E-state index is 12.8. The predicted molar refractivity (Wildman–Crippen MR) is 100 cm³/mol. The Morgan fingerprint density at radius 3 is 2.50 bits per heavy atom. The van der Waals surface area contributed by atoms with Gasteiger partial charge in [-0.2, -0.15) is 0 Å². The molecule has 0 aliphatic carbocycles. The van der Waals surface area contributed by atoms with E-state index >= 15 is 0 Å². The van der Waals surface area contributed by atoms with Gasteiger partial charge in [0.1, 0.15) is 6.04 Å². The van der Waals surface area contributed by atoms with Gasteiger partial charge in [0.2, 0.25) is 11.8 Å². The Hall–Kier alpha value is -3.08. The molecule has 1 aromatic heterocycles. The lowest BCUT2D eigenvalue weighted by Gasteiger charge is -2.41. The average molecular weight is 347 g/mol. The maximum atomic E-state index is 12.8. The maximum Gasteiger partial charge on any atom is 0.240 e. The van der Waals surface area contributed by atoms with E-state index < -0.39 is 11.9 Å². The fraction of sp³-hybridized carbons (Fsp3) is 0.238. The lowest BCUT2D eigenvalue weighted by atomic mass is 9.87. The van der Waals surface area contributed by atoms with Crippen LogP contribution in [0.3, 0.4) is 0 Å². The molecular formula is C21H21N3O2. The molecule has 5 nitrogen and oxygen atoms in total. The molecule has 2 heterocycles. The van der Waals surface area contributed by atoms with Crippen LogP contribution in [0.4, 0.5) is 0 Å². The zero-order chi connectivity index (χ0) is 18.3. The minimum absolute atomic E-state index is 0.0769. The molecule has 0 saturated heterocycles. The molecule has 0 unspecified atom stereocenters. The van der Waals surface area contributed by atoms with Gasteiger partial charge in [0, 0.05) is 29.4 Å². The van der Waals surface area contributed by atoms with Gasteiger partial charge in [0.25, 0.3) is 0 Å². The summed E-state index contributed by atoms with van der Waals surface area (Å²) >= 11 is 0. The molecule has 2 aromatic carbocycles. The van der Waals surface area contributed by atoms with Crippen molar-refractivity contribution in [1.29, 1.82) is 0 Å². The van der Waals surface area contributed by atoms with Crippen LogP contribution in [0.5, 0.6) is 0 Å². The van der Waals surface area contributed by atoms with Gasteiger partial charge in [-0.15, -0.1) is 0 Å². The number of rotatable bonds is 3. The second-order valence-electron chi connectivity index (χ2n) is 6.65. The summed E-state index contributed by atoms with van der Waals surface area (Å²) in [6.07, 6.45) is 0.756. The molecule has 0 fully saturated rings. The first-order valence-corrected chi connectivity index (χ1v) is 8.86. The SMILES string of the molecule is CCC(=O)N1[C@@H](c2ccccc2)c2[nH]c3ccccc3c2C[C@@H]1C(N)=O. The fourth-order valence-corrected chi connectivity index (χ4v) is 3.99. The third-order valence-corrected chi connectivity index (χ3v) is 5.17. The molecule has 1 aliphatic rings. The number of benzene rings is 2. The van der Waals surface area contributed by atoms with Crippen LogP contribution in [0.25, 0.3) is 10.9 Å². The van der Waals surface area contributed by atoms with Crippen molar-refractivity contribution in [3.63, 3.8) is 0 Å². The summed E-state index contributed by atoms with van der Waals surface area (Å²) in [5.41, 5.74) is 9.73. The van der Waals surface area contributed by atoms with E-state index in [9.17, 15) is 9.59 Å². The summed E-state index contributed by atoms with van der Waals surface area (Å²) in [5, 5.41) is 1.08. The molecule has 1 aliphatic heterocycles. The number of fused-ring (bicyclic) bond motifs is 3. The van der Waals surface area contributed by atoms with Crippen molar-refractivity contribution in [3.8, 4) is 0 Å². The summed E-state index contributed by atoms with van der Waals surface area (Å²) in [4.78, 5) is 30.2. The van der Waals surface area contributed by atoms with Gasteiger partial charge < -0.3 is 15.6 Å². The molecule has 0 spiro atoms. The van der Waals surface area contributed by atoms with Gasteiger partial charge in [-0.3, -0.25) is 9.59 Å². The number of carbonyl (C=O) groups excluding carboxylic acids is 2. The molecular weight excluding hydrogens is 326 g/mol. The zero-order valence-corrected chi connectivity index (χ0v) is 14.6. The molecule has 2 amide bonds. The predicted octanol–water partition coefficient (Wildman–Crippen LogP) is 2.91. The third kappa shape index (κ3) is 2.47. The van der Waals surface area contributed by atoms with Crippen molar-refractivity contribution in [2.24, 2.45) is 5.73 Å². The second kappa shape index (κ2) is 6.33. The number of primary amides is 1. The summed E-state index contributed by atoms with van der Waals surface area (Å²) in [5.74, 6) is -0.546. The summed E-state index contributed by atoms with van der Waals surface area (Å²) in [7, 11) is 0. The van der Waals surface area contributed by atoms with Crippen molar-refractivity contribution in [3.05, 3.63) is 71.4 Å². The first kappa shape index (κ1) is 16.4. The zero-order valence-electron chi connectivity index (χ0n) is 14.6. The minimum atomic E-state index is -0.653. The Bertz CT molecular complexity index is 977. The number of aromatic nitrogens is 1. The molecule has 4 rings (SSSR count). The summed E-state index contributed by atoms with van der Waals surface area (Å²) in [6.45, 7) is 1.81. The van der Waals surface area contributed by atoms with Crippen molar-refractivity contribution in [2.45, 2.75) is 31.8 Å². The summed E-state index contributed by atoms with van der Waals surface area (Å²) in [6, 6.07) is 16.8. The average Bonchev–Trinajstić information content (AvgIpc) is 3.04. The van der Waals surface area contributed by atoms with Crippen molar-refractivity contribution in [1.82, 2.24) is 9.88 Å². The van der Waals surface area contributed by atoms with Crippen LogP contribution in [-0.2, 0) is 16.0 Å². The van der Waals surface area contributed by atoms with Crippen LogP contribution in [0.2, 0.25) is 0 Å². The van der Waals surface area contributed by atoms with Crippen LogP contribution in [0.15, 0.2) is 54.6 Å². The molecule has 26 heavy (non-hydrogen) atoms. The Morgan fingerprint density at radius 1 is 1.12 bits per heavy atom. The number of hydrogen-bond donors (Lipinski definition) is 2. The quantitative estimate of drug-likeness (QED) is 0.764. The fourth-order valence-electron chi connectivity index (χ4n) is 3.99. The van der Waals surface area contributed by atoms with Crippen LogP contribution in [0, 0.1) is 0 Å². The van der Waals surface area contributed by atoms with Crippen molar-refractivity contribution < 1.29 is 9.59 Å². The smallest absolute Gasteiger partial charge is 0.240 e. The molecule has 0 radical (unpaired) electrons. The minimum Gasteiger partial charge on any atom is -0.368 e. The van der Waals surface area contributed by atoms with E-state index in [0.29, 0.717) is 12.8 Å². The molecule has 2 atom stereocenters. The van der Waals surface area contributed by atoms with Crippen molar-refractivity contribution in [2.75, 3.05) is 0 Å². The van der Waals surface area contributed by atoms with Crippen molar-refractivity contribution >= 4 is 22.7 Å². The van der Waals surface area contributed by atoms with E-state index in [1.165, 1.54) is 0 Å². The van der Waals surface area contributed by atoms with Gasteiger partial charge in [-0.05, 0) is 17.2 Å². The van der Waals surface area contributed by atoms with E-state index in [4.69, 9.17) is 5.73 Å². The molecule has 3 N–H and O–H groups in total. The number of nitrogens with one attached hydrogen (secondary N) is 1. The van der Waals surface area contributed by atoms with E-state index in [0.717, 1.165) is 27.7 Å². The highest BCUT2D eigenvalue weighted by Gasteiger charge is 2.42. The largest absolute Gasteiger partial charge is 0.368 e. The van der Waals surface area contributed by atoms with Crippen LogP contribution >= 0.6 is 0 Å². The Morgan fingerprint density at radius 2 is 1.81 bits per heavy atom. The highest BCUT2D eigenvalue weighted by Crippen LogP contribution is 2.41. The van der Waals surface area contributed by atoms with E-state index in [1.807, 2.05) is 61.5 Å². The van der Waals surface area contributed by atoms with Gasteiger partial charge in [-0.25, -0.2) is 0 Å². The Kier molecular flexibility index (Phi) is 3.99. The Balaban J connectivity index is 1.99. The van der Waals surface area contributed by atoms with E-state index in [1.54, 1.807) is 4.90 Å². The molecule has 0 saturated carbocycles. The Labute approximate surface area is 151 Å². The number of nitrogens with zero attached hydrogens (tertiary/aromatic N) is 1. The third-order valence-electron chi connectivity index (χ3n) is 5.17. The van der Waals surface area contributed by atoms with Gasteiger partial charge in [0.15, 0.2) is 0 Å². The number of carbonyl (C=O) groups is 2. The number of amides is 2.